The first-order valence-electron chi connectivity index (χ1n) is 3.90. The fourth-order valence-corrected chi connectivity index (χ4v) is 1.15. The number of ether oxygens (including phenoxy) is 1. The van der Waals surface area contributed by atoms with E-state index in [0.29, 0.717) is 0 Å². The highest BCUT2D eigenvalue weighted by atomic mass is 16.5. The van der Waals surface area contributed by atoms with Crippen molar-refractivity contribution in [2.24, 2.45) is 0 Å². The molecule has 0 aromatic carbocycles. The molecule has 0 fully saturated rings. The Morgan fingerprint density at radius 2 is 2.55 bits per heavy atom. The highest BCUT2D eigenvalue weighted by Crippen LogP contribution is 2.14. The Bertz CT molecular complexity index is 152. The van der Waals surface area contributed by atoms with E-state index in [1.807, 2.05) is 12.2 Å². The van der Waals surface area contributed by atoms with Gasteiger partial charge in [0, 0.05) is 0 Å². The Hall–Kier alpha value is -0.600. The van der Waals surface area contributed by atoms with Gasteiger partial charge >= 0.3 is 0 Å². The summed E-state index contributed by atoms with van der Waals surface area (Å²) in [5, 5.41) is 8.79. The first kappa shape index (κ1) is 8.50. The van der Waals surface area contributed by atoms with E-state index in [0.717, 1.165) is 12.8 Å². The van der Waals surface area contributed by atoms with Crippen molar-refractivity contribution in [2.45, 2.75) is 25.0 Å². The van der Waals surface area contributed by atoms with Crippen molar-refractivity contribution >= 4 is 0 Å². The van der Waals surface area contributed by atoms with Gasteiger partial charge in [0.05, 0.1) is 18.8 Å². The van der Waals surface area contributed by atoms with Crippen LogP contribution in [0.2, 0.25) is 0 Å². The molecule has 0 saturated heterocycles. The fourth-order valence-electron chi connectivity index (χ4n) is 1.15. The molecule has 0 aliphatic carbocycles. The Kier molecular flexibility index (Phi) is 3.33. The van der Waals surface area contributed by atoms with Gasteiger partial charge in [-0.2, -0.15) is 0 Å². The molecule has 0 amide bonds. The molecule has 2 unspecified atom stereocenters. The summed E-state index contributed by atoms with van der Waals surface area (Å²) in [5.74, 6) is 0. The fraction of sp³-hybridized carbons (Fsp3) is 0.556. The number of aliphatic hydroxyl groups excluding tert-OH is 1. The molecule has 0 spiro atoms. The van der Waals surface area contributed by atoms with Crippen LogP contribution in [0.4, 0.5) is 0 Å². The van der Waals surface area contributed by atoms with Gasteiger partial charge in [0.15, 0.2) is 0 Å². The summed E-state index contributed by atoms with van der Waals surface area (Å²) in [6, 6.07) is 0. The predicted molar refractivity (Wildman–Crippen MR) is 44.3 cm³/mol. The summed E-state index contributed by atoms with van der Waals surface area (Å²) >= 11 is 0. The normalized spacial score (nSPS) is 30.3. The van der Waals surface area contributed by atoms with E-state index in [9.17, 15) is 0 Å². The predicted octanol–water partition coefficient (Wildman–Crippen LogP) is 1.27. The third kappa shape index (κ3) is 2.48. The van der Waals surface area contributed by atoms with Crippen LogP contribution in [0.25, 0.3) is 0 Å². The molecule has 11 heavy (non-hydrogen) atoms. The van der Waals surface area contributed by atoms with Gasteiger partial charge in [-0.05, 0) is 12.8 Å². The van der Waals surface area contributed by atoms with Crippen LogP contribution >= 0.6 is 0 Å². The van der Waals surface area contributed by atoms with Crippen LogP contribution in [0.3, 0.4) is 0 Å². The van der Waals surface area contributed by atoms with Crippen molar-refractivity contribution in [3.05, 3.63) is 24.8 Å². The van der Waals surface area contributed by atoms with Crippen molar-refractivity contribution in [3.63, 3.8) is 0 Å². The van der Waals surface area contributed by atoms with Crippen LogP contribution in [-0.2, 0) is 4.74 Å². The minimum atomic E-state index is -0.00931. The lowest BCUT2D eigenvalue weighted by molar-refractivity contribution is -0.0226. The second-order valence-electron chi connectivity index (χ2n) is 2.67. The number of aliphatic hydroxyl groups is 1. The van der Waals surface area contributed by atoms with Gasteiger partial charge in [-0.3, -0.25) is 0 Å². The average Bonchev–Trinajstić information content (AvgIpc) is 2.06. The zero-order valence-electron chi connectivity index (χ0n) is 6.57. The van der Waals surface area contributed by atoms with Gasteiger partial charge in [0.2, 0.25) is 0 Å². The second-order valence-corrected chi connectivity index (χ2v) is 2.67. The summed E-state index contributed by atoms with van der Waals surface area (Å²) < 4.78 is 5.47. The van der Waals surface area contributed by atoms with E-state index in [1.165, 1.54) is 0 Å². The van der Waals surface area contributed by atoms with Crippen LogP contribution in [0.5, 0.6) is 0 Å². The van der Waals surface area contributed by atoms with Crippen LogP contribution in [0.1, 0.15) is 12.8 Å². The molecular weight excluding hydrogens is 140 g/mol. The molecule has 0 aromatic rings. The van der Waals surface area contributed by atoms with E-state index in [-0.39, 0.29) is 18.8 Å². The molecule has 1 N–H and O–H groups in total. The largest absolute Gasteiger partial charge is 0.394 e. The summed E-state index contributed by atoms with van der Waals surface area (Å²) in [7, 11) is 0. The molecule has 2 heteroatoms. The summed E-state index contributed by atoms with van der Waals surface area (Å²) in [6.07, 6.45) is 7.67. The highest BCUT2D eigenvalue weighted by molar-refractivity contribution is 4.98. The van der Waals surface area contributed by atoms with Crippen LogP contribution in [0, 0.1) is 0 Å². The molecule has 2 nitrogen and oxygen atoms in total. The number of hydrogen-bond donors (Lipinski definition) is 1. The minimum Gasteiger partial charge on any atom is -0.394 e. The van der Waals surface area contributed by atoms with Crippen LogP contribution < -0.4 is 0 Å². The third-order valence-corrected chi connectivity index (χ3v) is 1.72. The SMILES string of the molecule is C=CCC1C=CCC(CO)O1. The molecule has 0 aromatic heterocycles. The van der Waals surface area contributed by atoms with Gasteiger partial charge in [-0.1, -0.05) is 18.2 Å². The van der Waals surface area contributed by atoms with Crippen molar-refractivity contribution < 1.29 is 9.84 Å². The van der Waals surface area contributed by atoms with Crippen molar-refractivity contribution in [3.8, 4) is 0 Å². The molecule has 0 bridgehead atoms. The topological polar surface area (TPSA) is 29.5 Å². The monoisotopic (exact) mass is 154 g/mol. The molecule has 1 aliphatic heterocycles. The van der Waals surface area contributed by atoms with Crippen molar-refractivity contribution in [1.29, 1.82) is 0 Å². The maximum Gasteiger partial charge on any atom is 0.0848 e. The smallest absolute Gasteiger partial charge is 0.0848 e. The van der Waals surface area contributed by atoms with Gasteiger partial charge in [0.1, 0.15) is 0 Å². The highest BCUT2D eigenvalue weighted by Gasteiger charge is 2.15. The van der Waals surface area contributed by atoms with E-state index < -0.39 is 0 Å². The van der Waals surface area contributed by atoms with Gasteiger partial charge in [-0.25, -0.2) is 0 Å². The van der Waals surface area contributed by atoms with Crippen molar-refractivity contribution in [1.82, 2.24) is 0 Å². The van der Waals surface area contributed by atoms with E-state index in [4.69, 9.17) is 9.84 Å². The van der Waals surface area contributed by atoms with Gasteiger partial charge in [-0.15, -0.1) is 6.58 Å². The van der Waals surface area contributed by atoms with Crippen molar-refractivity contribution in [2.75, 3.05) is 6.61 Å². The zero-order valence-corrected chi connectivity index (χ0v) is 6.57. The summed E-state index contributed by atoms with van der Waals surface area (Å²) in [4.78, 5) is 0. The molecule has 1 rings (SSSR count). The minimum absolute atomic E-state index is 0.00931. The van der Waals surface area contributed by atoms with E-state index in [1.54, 1.807) is 0 Å². The lowest BCUT2D eigenvalue weighted by atomic mass is 10.1. The molecule has 62 valence electrons. The van der Waals surface area contributed by atoms with E-state index in [2.05, 4.69) is 12.7 Å². The first-order chi connectivity index (χ1) is 5.36. The third-order valence-electron chi connectivity index (χ3n) is 1.72. The lowest BCUT2D eigenvalue weighted by Gasteiger charge is -2.23. The molecule has 0 saturated carbocycles. The summed E-state index contributed by atoms with van der Waals surface area (Å²) in [5.41, 5.74) is 0. The quantitative estimate of drug-likeness (QED) is 0.620. The van der Waals surface area contributed by atoms with Crippen LogP contribution in [0.15, 0.2) is 24.8 Å². The average molecular weight is 154 g/mol. The number of rotatable bonds is 3. The summed E-state index contributed by atoms with van der Waals surface area (Å²) in [6.45, 7) is 3.74. The van der Waals surface area contributed by atoms with Gasteiger partial charge < -0.3 is 9.84 Å². The zero-order chi connectivity index (χ0) is 8.10. The Labute approximate surface area is 67.2 Å². The Morgan fingerprint density at radius 3 is 3.18 bits per heavy atom. The molecule has 1 aliphatic rings. The molecule has 0 radical (unpaired) electrons. The standard InChI is InChI=1S/C9H14O2/c1-2-4-8-5-3-6-9(7-10)11-8/h2-3,5,8-10H,1,4,6-7H2. The number of hydrogen-bond acceptors (Lipinski definition) is 2. The second kappa shape index (κ2) is 4.31. The van der Waals surface area contributed by atoms with Crippen LogP contribution in [-0.4, -0.2) is 23.9 Å². The Balaban J connectivity index is 2.38. The Morgan fingerprint density at radius 1 is 1.73 bits per heavy atom. The maximum atomic E-state index is 8.79. The maximum absolute atomic E-state index is 8.79. The molecule has 1 heterocycles. The lowest BCUT2D eigenvalue weighted by Crippen LogP contribution is -2.26. The first-order valence-corrected chi connectivity index (χ1v) is 3.90. The van der Waals surface area contributed by atoms with Gasteiger partial charge in [0.25, 0.3) is 0 Å². The molecular formula is C9H14O2. The molecule has 2 atom stereocenters. The van der Waals surface area contributed by atoms with E-state index >= 15 is 0 Å².